The lowest BCUT2D eigenvalue weighted by Gasteiger charge is -2.15. The van der Waals surface area contributed by atoms with Crippen LogP contribution in [0.5, 0.6) is 0 Å². The van der Waals surface area contributed by atoms with Gasteiger partial charge in [-0.25, -0.2) is 5.06 Å². The van der Waals surface area contributed by atoms with E-state index in [0.29, 0.717) is 11.6 Å². The SMILES string of the molecule is CON(C)C(=O)CSC(C)C(=O)Nc1cc(C)on1. The van der Waals surface area contributed by atoms with Gasteiger partial charge in [-0.15, -0.1) is 11.8 Å². The average Bonchev–Trinajstić information content (AvgIpc) is 2.79. The van der Waals surface area contributed by atoms with Crippen molar-refractivity contribution < 1.29 is 18.9 Å². The normalized spacial score (nSPS) is 12.0. The fourth-order valence-electron chi connectivity index (χ4n) is 1.12. The molecule has 0 aromatic carbocycles. The summed E-state index contributed by atoms with van der Waals surface area (Å²) >= 11 is 1.22. The van der Waals surface area contributed by atoms with Crippen molar-refractivity contribution >= 4 is 29.4 Å². The second-order valence-corrected chi connectivity index (χ2v) is 5.17. The van der Waals surface area contributed by atoms with Gasteiger partial charge < -0.3 is 9.84 Å². The van der Waals surface area contributed by atoms with Crippen LogP contribution in [0.2, 0.25) is 0 Å². The Kier molecular flexibility index (Phi) is 5.84. The zero-order valence-corrected chi connectivity index (χ0v) is 12.1. The number of aromatic nitrogens is 1. The smallest absolute Gasteiger partial charge is 0.255 e. The number of amides is 2. The minimum Gasteiger partial charge on any atom is -0.360 e. The van der Waals surface area contributed by atoms with E-state index in [1.54, 1.807) is 19.9 Å². The Morgan fingerprint density at radius 1 is 1.63 bits per heavy atom. The fourth-order valence-corrected chi connectivity index (χ4v) is 1.90. The van der Waals surface area contributed by atoms with E-state index < -0.39 is 0 Å². The van der Waals surface area contributed by atoms with E-state index in [1.165, 1.54) is 25.9 Å². The fraction of sp³-hybridized carbons (Fsp3) is 0.545. The minimum atomic E-state index is -0.383. The molecule has 1 rings (SSSR count). The van der Waals surface area contributed by atoms with Crippen molar-refractivity contribution in [1.29, 1.82) is 0 Å². The maximum atomic E-state index is 11.8. The molecule has 1 aromatic rings. The molecule has 0 aliphatic heterocycles. The summed E-state index contributed by atoms with van der Waals surface area (Å²) in [6.45, 7) is 3.45. The van der Waals surface area contributed by atoms with Crippen molar-refractivity contribution in [3.05, 3.63) is 11.8 Å². The van der Waals surface area contributed by atoms with E-state index in [4.69, 9.17) is 9.36 Å². The van der Waals surface area contributed by atoms with E-state index >= 15 is 0 Å². The van der Waals surface area contributed by atoms with Gasteiger partial charge in [0, 0.05) is 13.1 Å². The summed E-state index contributed by atoms with van der Waals surface area (Å²) in [5, 5.41) is 7.01. The van der Waals surface area contributed by atoms with Crippen molar-refractivity contribution in [2.24, 2.45) is 0 Å². The molecule has 0 saturated heterocycles. The first-order chi connectivity index (χ1) is 8.93. The third-order valence-electron chi connectivity index (χ3n) is 2.33. The zero-order valence-electron chi connectivity index (χ0n) is 11.3. The quantitative estimate of drug-likeness (QED) is 0.788. The maximum Gasteiger partial charge on any atom is 0.255 e. The summed E-state index contributed by atoms with van der Waals surface area (Å²) in [5.41, 5.74) is 0. The predicted octanol–water partition coefficient (Wildman–Crippen LogP) is 1.06. The molecule has 1 heterocycles. The Bertz CT molecular complexity index is 449. The Hall–Kier alpha value is -1.54. The molecule has 0 aliphatic rings. The molecule has 8 heteroatoms. The second-order valence-electron chi connectivity index (χ2n) is 3.84. The van der Waals surface area contributed by atoms with Crippen LogP contribution in [0.1, 0.15) is 12.7 Å². The molecule has 0 radical (unpaired) electrons. The number of hydrogen-bond donors (Lipinski definition) is 1. The van der Waals surface area contributed by atoms with Gasteiger partial charge in [-0.3, -0.25) is 14.4 Å². The number of hydroxylamine groups is 2. The number of carbonyl (C=O) groups excluding carboxylic acids is 2. The van der Waals surface area contributed by atoms with Crippen LogP contribution in [-0.4, -0.2) is 47.2 Å². The summed E-state index contributed by atoms with van der Waals surface area (Å²) in [7, 11) is 2.93. The molecule has 1 aromatic heterocycles. The Morgan fingerprint density at radius 3 is 2.84 bits per heavy atom. The third-order valence-corrected chi connectivity index (χ3v) is 3.46. The highest BCUT2D eigenvalue weighted by atomic mass is 32.2. The van der Waals surface area contributed by atoms with Crippen LogP contribution < -0.4 is 5.32 Å². The molecule has 106 valence electrons. The monoisotopic (exact) mass is 287 g/mol. The van der Waals surface area contributed by atoms with E-state index in [1.807, 2.05) is 0 Å². The molecule has 0 aliphatic carbocycles. The van der Waals surface area contributed by atoms with Gasteiger partial charge in [-0.2, -0.15) is 0 Å². The molecule has 7 nitrogen and oxygen atoms in total. The number of rotatable bonds is 6. The number of aryl methyl sites for hydroxylation is 1. The summed E-state index contributed by atoms with van der Waals surface area (Å²) in [5.74, 6) is 0.718. The van der Waals surface area contributed by atoms with Crippen molar-refractivity contribution in [2.75, 3.05) is 25.2 Å². The van der Waals surface area contributed by atoms with Crippen molar-refractivity contribution in [1.82, 2.24) is 10.2 Å². The molecule has 1 atom stereocenters. The van der Waals surface area contributed by atoms with Gasteiger partial charge in [-0.1, -0.05) is 5.16 Å². The van der Waals surface area contributed by atoms with Gasteiger partial charge in [0.2, 0.25) is 5.91 Å². The lowest BCUT2D eigenvalue weighted by Crippen LogP contribution is -2.29. The van der Waals surface area contributed by atoms with Gasteiger partial charge in [0.1, 0.15) is 5.76 Å². The highest BCUT2D eigenvalue weighted by Gasteiger charge is 2.18. The predicted molar refractivity (Wildman–Crippen MR) is 71.6 cm³/mol. The topological polar surface area (TPSA) is 84.7 Å². The average molecular weight is 287 g/mol. The maximum absolute atomic E-state index is 11.8. The molecule has 0 saturated carbocycles. The zero-order chi connectivity index (χ0) is 14.4. The van der Waals surface area contributed by atoms with Gasteiger partial charge in [0.25, 0.3) is 5.91 Å². The number of hydrogen-bond acceptors (Lipinski definition) is 6. The lowest BCUT2D eigenvalue weighted by molar-refractivity contribution is -0.165. The van der Waals surface area contributed by atoms with Crippen molar-refractivity contribution in [2.45, 2.75) is 19.1 Å². The third kappa shape index (κ3) is 4.92. The highest BCUT2D eigenvalue weighted by molar-refractivity contribution is 8.01. The van der Waals surface area contributed by atoms with Crippen LogP contribution in [0.25, 0.3) is 0 Å². The summed E-state index contributed by atoms with van der Waals surface area (Å²) < 4.78 is 4.84. The van der Waals surface area contributed by atoms with Crippen LogP contribution >= 0.6 is 11.8 Å². The molecule has 0 bridgehead atoms. The standard InChI is InChI=1S/C11H17N3O4S/c1-7-5-9(13-18-7)12-11(16)8(2)19-6-10(15)14(3)17-4/h5,8H,6H2,1-4H3,(H,12,13,16). The van der Waals surface area contributed by atoms with Gasteiger partial charge >= 0.3 is 0 Å². The highest BCUT2D eigenvalue weighted by Crippen LogP contribution is 2.14. The van der Waals surface area contributed by atoms with Crippen LogP contribution in [-0.2, 0) is 14.4 Å². The number of anilines is 1. The van der Waals surface area contributed by atoms with Crippen LogP contribution in [0.3, 0.4) is 0 Å². The lowest BCUT2D eigenvalue weighted by atomic mass is 10.4. The van der Waals surface area contributed by atoms with Crippen molar-refractivity contribution in [3.63, 3.8) is 0 Å². The van der Waals surface area contributed by atoms with Crippen LogP contribution in [0, 0.1) is 6.92 Å². The van der Waals surface area contributed by atoms with E-state index in [9.17, 15) is 9.59 Å². The molecular formula is C11H17N3O4S. The Morgan fingerprint density at radius 2 is 2.32 bits per heavy atom. The minimum absolute atomic E-state index is 0.163. The number of thioether (sulfide) groups is 1. The van der Waals surface area contributed by atoms with Gasteiger partial charge in [-0.05, 0) is 13.8 Å². The first-order valence-corrected chi connectivity index (χ1v) is 6.65. The van der Waals surface area contributed by atoms with Crippen LogP contribution in [0.15, 0.2) is 10.6 Å². The van der Waals surface area contributed by atoms with Gasteiger partial charge in [0.05, 0.1) is 18.1 Å². The first-order valence-electron chi connectivity index (χ1n) is 5.60. The number of nitrogens with one attached hydrogen (secondary N) is 1. The molecule has 1 N–H and O–H groups in total. The summed E-state index contributed by atoms with van der Waals surface area (Å²) in [6, 6.07) is 1.62. The summed E-state index contributed by atoms with van der Waals surface area (Å²) in [4.78, 5) is 28.0. The van der Waals surface area contributed by atoms with Crippen molar-refractivity contribution in [3.8, 4) is 0 Å². The van der Waals surface area contributed by atoms with Crippen LogP contribution in [0.4, 0.5) is 5.82 Å². The van der Waals surface area contributed by atoms with E-state index in [-0.39, 0.29) is 22.8 Å². The Balaban J connectivity index is 2.39. The van der Waals surface area contributed by atoms with E-state index in [2.05, 4.69) is 10.5 Å². The first kappa shape index (κ1) is 15.5. The molecular weight excluding hydrogens is 270 g/mol. The molecule has 1 unspecified atom stereocenters. The molecule has 2 amide bonds. The number of carbonyl (C=O) groups is 2. The largest absolute Gasteiger partial charge is 0.360 e. The summed E-state index contributed by atoms with van der Waals surface area (Å²) in [6.07, 6.45) is 0. The Labute approximate surface area is 115 Å². The van der Waals surface area contributed by atoms with Gasteiger partial charge in [0.15, 0.2) is 5.82 Å². The molecule has 19 heavy (non-hydrogen) atoms. The van der Waals surface area contributed by atoms with E-state index in [0.717, 1.165) is 5.06 Å². The second kappa shape index (κ2) is 7.15. The number of nitrogens with zero attached hydrogens (tertiary/aromatic N) is 2. The molecule has 0 fully saturated rings. The molecule has 0 spiro atoms.